The number of nitrogens with zero attached hydrogens (tertiary/aromatic N) is 2. The van der Waals surface area contributed by atoms with Crippen molar-refractivity contribution in [3.8, 4) is 11.1 Å². The molecule has 4 aliphatic rings. The molecule has 0 spiro atoms. The zero-order chi connectivity index (χ0) is 34.0. The third-order valence-electron chi connectivity index (χ3n) is 11.8. The molecule has 50 heavy (non-hydrogen) atoms. The van der Waals surface area contributed by atoms with Gasteiger partial charge in [-0.15, -0.1) is 0 Å². The molecule has 0 radical (unpaired) electrons. The van der Waals surface area contributed by atoms with Crippen LogP contribution in [0.15, 0.2) is 170 Å². The van der Waals surface area contributed by atoms with Crippen LogP contribution in [0.2, 0.25) is 0 Å². The summed E-state index contributed by atoms with van der Waals surface area (Å²) in [5.74, 6) is 0.736. The van der Waals surface area contributed by atoms with Gasteiger partial charge in [-0.25, -0.2) is 0 Å². The normalized spacial score (nSPS) is 21.5. The number of allylic oxidation sites excluding steroid dienone is 5. The summed E-state index contributed by atoms with van der Waals surface area (Å²) in [5, 5.41) is 0. The molecular weight excluding hydrogens is 605 g/mol. The maximum absolute atomic E-state index is 2.59. The van der Waals surface area contributed by atoms with Crippen LogP contribution in [0.4, 0.5) is 22.7 Å². The molecule has 5 aromatic carbocycles. The van der Waals surface area contributed by atoms with Gasteiger partial charge in [0, 0.05) is 39.8 Å². The lowest BCUT2D eigenvalue weighted by Gasteiger charge is -2.38. The van der Waals surface area contributed by atoms with Crippen LogP contribution in [-0.4, -0.2) is 6.04 Å². The fourth-order valence-electron chi connectivity index (χ4n) is 9.20. The molecule has 5 aromatic rings. The van der Waals surface area contributed by atoms with Crippen molar-refractivity contribution in [3.05, 3.63) is 192 Å². The average Bonchev–Trinajstić information content (AvgIpc) is 3.51. The van der Waals surface area contributed by atoms with Crippen LogP contribution in [0, 0.1) is 5.92 Å². The van der Waals surface area contributed by atoms with Gasteiger partial charge in [-0.3, -0.25) is 0 Å². The number of benzene rings is 5. The van der Waals surface area contributed by atoms with Crippen molar-refractivity contribution in [1.82, 2.24) is 0 Å². The molecule has 3 unspecified atom stereocenters. The first-order valence-corrected chi connectivity index (χ1v) is 18.1. The van der Waals surface area contributed by atoms with E-state index >= 15 is 0 Å². The quantitative estimate of drug-likeness (QED) is 0.181. The topological polar surface area (TPSA) is 6.48 Å². The third-order valence-corrected chi connectivity index (χ3v) is 11.8. The molecular formula is C48H44N2. The Bertz CT molecular complexity index is 2160. The van der Waals surface area contributed by atoms with Crippen molar-refractivity contribution in [2.75, 3.05) is 9.80 Å². The van der Waals surface area contributed by atoms with E-state index in [-0.39, 0.29) is 10.8 Å². The Kier molecular flexibility index (Phi) is 7.14. The highest BCUT2D eigenvalue weighted by atomic mass is 15.2. The molecule has 0 heterocycles. The van der Waals surface area contributed by atoms with Gasteiger partial charge in [0.05, 0.1) is 6.04 Å². The number of fused-ring (bicyclic) bond motifs is 6. The van der Waals surface area contributed by atoms with Crippen molar-refractivity contribution in [2.24, 2.45) is 5.92 Å². The second-order valence-electron chi connectivity index (χ2n) is 15.4. The first-order chi connectivity index (χ1) is 24.3. The molecule has 3 atom stereocenters. The highest BCUT2D eigenvalue weighted by Crippen LogP contribution is 2.59. The summed E-state index contributed by atoms with van der Waals surface area (Å²) in [6.45, 7) is 9.76. The zero-order valence-electron chi connectivity index (χ0n) is 29.4. The molecule has 0 aliphatic heterocycles. The van der Waals surface area contributed by atoms with Crippen molar-refractivity contribution < 1.29 is 0 Å². The van der Waals surface area contributed by atoms with Gasteiger partial charge in [-0.2, -0.15) is 0 Å². The van der Waals surface area contributed by atoms with E-state index in [0.717, 1.165) is 17.8 Å². The molecule has 0 N–H and O–H groups in total. The van der Waals surface area contributed by atoms with Gasteiger partial charge in [0.2, 0.25) is 0 Å². The maximum atomic E-state index is 2.59. The summed E-state index contributed by atoms with van der Waals surface area (Å²) in [6.07, 6.45) is 17.5. The van der Waals surface area contributed by atoms with E-state index in [1.807, 2.05) is 0 Å². The molecule has 0 bridgehead atoms. The number of hydrogen-bond acceptors (Lipinski definition) is 2. The highest BCUT2D eigenvalue weighted by molar-refractivity contribution is 5.86. The minimum atomic E-state index is -0.124. The van der Waals surface area contributed by atoms with Crippen molar-refractivity contribution in [3.63, 3.8) is 0 Å². The summed E-state index contributed by atoms with van der Waals surface area (Å²) in [4.78, 5) is 4.92. The predicted octanol–water partition coefficient (Wildman–Crippen LogP) is 12.3. The fraction of sp³-hybridized carbons (Fsp3) is 0.208. The van der Waals surface area contributed by atoms with E-state index in [0.29, 0.717) is 17.9 Å². The highest BCUT2D eigenvalue weighted by Gasteiger charge is 2.48. The van der Waals surface area contributed by atoms with Gasteiger partial charge in [0.1, 0.15) is 0 Å². The van der Waals surface area contributed by atoms with Crippen molar-refractivity contribution >= 4 is 22.7 Å². The van der Waals surface area contributed by atoms with E-state index in [1.54, 1.807) is 0 Å². The molecule has 246 valence electrons. The van der Waals surface area contributed by atoms with Crippen LogP contribution in [0.3, 0.4) is 0 Å². The monoisotopic (exact) mass is 648 g/mol. The fourth-order valence-corrected chi connectivity index (χ4v) is 9.20. The van der Waals surface area contributed by atoms with Crippen LogP contribution in [0.25, 0.3) is 11.1 Å². The molecule has 0 saturated carbocycles. The van der Waals surface area contributed by atoms with Crippen LogP contribution in [0.5, 0.6) is 0 Å². The standard InChI is InChI=1S/C48H44N2/c1-47(2)43-29-37(49(33-17-9-5-10-18-33)34-19-11-6-12-20-34)25-27-39(43)41-32-46-42(31-45(41)47)40-28-26-38(30-44(40)48(46,3)4)50(35-21-13-7-14-22-35)36-23-15-8-16-24-36/h5-23,25-32,36,40,44H,24H2,1-4H3. The molecule has 4 aliphatic carbocycles. The first-order valence-electron chi connectivity index (χ1n) is 18.1. The van der Waals surface area contributed by atoms with Gasteiger partial charge < -0.3 is 9.80 Å². The maximum Gasteiger partial charge on any atom is 0.0559 e. The molecule has 2 heteroatoms. The summed E-state index contributed by atoms with van der Waals surface area (Å²) < 4.78 is 0. The molecule has 0 amide bonds. The Balaban J connectivity index is 1.11. The number of hydrogen-bond donors (Lipinski definition) is 0. The van der Waals surface area contributed by atoms with Crippen LogP contribution < -0.4 is 9.80 Å². The Hall–Kier alpha value is -5.34. The summed E-state index contributed by atoms with van der Waals surface area (Å²) in [5.41, 5.74) is 14.5. The van der Waals surface area contributed by atoms with E-state index in [4.69, 9.17) is 0 Å². The van der Waals surface area contributed by atoms with Crippen LogP contribution >= 0.6 is 0 Å². The number of para-hydroxylation sites is 3. The Labute approximate surface area is 297 Å². The van der Waals surface area contributed by atoms with Crippen molar-refractivity contribution in [2.45, 2.75) is 56.9 Å². The van der Waals surface area contributed by atoms with E-state index in [1.165, 1.54) is 50.5 Å². The third kappa shape index (κ3) is 4.76. The molecule has 0 fully saturated rings. The van der Waals surface area contributed by atoms with Gasteiger partial charge in [-0.05, 0) is 112 Å². The summed E-state index contributed by atoms with van der Waals surface area (Å²) in [7, 11) is 0. The minimum absolute atomic E-state index is 0.0139. The lowest BCUT2D eigenvalue weighted by molar-refractivity contribution is 0.391. The molecule has 0 aromatic heterocycles. The predicted molar refractivity (Wildman–Crippen MR) is 211 cm³/mol. The van der Waals surface area contributed by atoms with Gasteiger partial charge >= 0.3 is 0 Å². The lowest BCUT2D eigenvalue weighted by Crippen LogP contribution is -2.35. The van der Waals surface area contributed by atoms with Crippen molar-refractivity contribution in [1.29, 1.82) is 0 Å². The molecule has 9 rings (SSSR count). The smallest absolute Gasteiger partial charge is 0.0559 e. The Morgan fingerprint density at radius 2 is 1.22 bits per heavy atom. The second kappa shape index (κ2) is 11.6. The summed E-state index contributed by atoms with van der Waals surface area (Å²) in [6, 6.07) is 44.9. The molecule has 2 nitrogen and oxygen atoms in total. The number of anilines is 4. The SMILES string of the molecule is CC1(C)c2cc(N(c3ccccc3)c3ccccc3)ccc2-c2cc3c(cc21)C1C=CC(N(c2ccccc2)C2C=CC=CC2)=CC1C3(C)C. The molecule has 0 saturated heterocycles. The van der Waals surface area contributed by atoms with Crippen LogP contribution in [-0.2, 0) is 10.8 Å². The lowest BCUT2D eigenvalue weighted by atomic mass is 9.73. The summed E-state index contributed by atoms with van der Waals surface area (Å²) >= 11 is 0. The van der Waals surface area contributed by atoms with Gasteiger partial charge in [0.15, 0.2) is 0 Å². The largest absolute Gasteiger partial charge is 0.335 e. The zero-order valence-corrected chi connectivity index (χ0v) is 29.4. The Morgan fingerprint density at radius 1 is 0.580 bits per heavy atom. The minimum Gasteiger partial charge on any atom is -0.335 e. The van der Waals surface area contributed by atoms with E-state index in [2.05, 4.69) is 201 Å². The first kappa shape index (κ1) is 30.7. The Morgan fingerprint density at radius 3 is 1.86 bits per heavy atom. The van der Waals surface area contributed by atoms with Gasteiger partial charge in [0.25, 0.3) is 0 Å². The number of rotatable bonds is 6. The van der Waals surface area contributed by atoms with E-state index in [9.17, 15) is 0 Å². The average molecular weight is 649 g/mol. The second-order valence-corrected chi connectivity index (χ2v) is 15.4. The van der Waals surface area contributed by atoms with Crippen LogP contribution in [0.1, 0.15) is 62.3 Å². The van der Waals surface area contributed by atoms with Gasteiger partial charge in [-0.1, -0.05) is 131 Å². The van der Waals surface area contributed by atoms with E-state index < -0.39 is 0 Å².